The highest BCUT2D eigenvalue weighted by atomic mass is 16.6. The predicted molar refractivity (Wildman–Crippen MR) is 138 cm³/mol. The summed E-state index contributed by atoms with van der Waals surface area (Å²) in [5.41, 5.74) is 13.2. The Hall–Kier alpha value is -4.14. The molecule has 0 bridgehead atoms. The van der Waals surface area contributed by atoms with E-state index >= 15 is 0 Å². The molecule has 0 spiro atoms. The molecule has 0 atom stereocenters. The summed E-state index contributed by atoms with van der Waals surface area (Å²) in [5.74, 6) is 1.05. The topological polar surface area (TPSA) is 120 Å². The van der Waals surface area contributed by atoms with Crippen molar-refractivity contribution in [1.82, 2.24) is 24.9 Å². The van der Waals surface area contributed by atoms with E-state index in [1.165, 1.54) is 0 Å². The lowest BCUT2D eigenvalue weighted by Crippen LogP contribution is -2.33. The number of unbranched alkanes of at least 4 members (excludes halogenated alkanes) is 1. The molecule has 0 saturated carbocycles. The quantitative estimate of drug-likeness (QED) is 0.320. The van der Waals surface area contributed by atoms with Gasteiger partial charge in [0.05, 0.1) is 11.3 Å². The number of nitrogens with one attached hydrogen (secondary N) is 2. The number of ether oxygens (including phenoxy) is 1. The van der Waals surface area contributed by atoms with Gasteiger partial charge in [-0.2, -0.15) is 0 Å². The zero-order valence-corrected chi connectivity index (χ0v) is 20.3. The van der Waals surface area contributed by atoms with Crippen molar-refractivity contribution in [1.29, 1.82) is 0 Å². The maximum absolute atomic E-state index is 11.8. The van der Waals surface area contributed by atoms with Crippen LogP contribution < -0.4 is 16.5 Å². The van der Waals surface area contributed by atoms with Gasteiger partial charge in [0.1, 0.15) is 16.9 Å². The molecule has 35 heavy (non-hydrogen) atoms. The summed E-state index contributed by atoms with van der Waals surface area (Å²) in [7, 11) is 0. The summed E-state index contributed by atoms with van der Waals surface area (Å²) in [6.45, 7) is 6.70. The summed E-state index contributed by atoms with van der Waals surface area (Å²) >= 11 is 0. The SMILES string of the molecule is CC(C)(C)OC(=O)NCCCCNn1c(-c2cccnc2N)nc2ccc(-c3ccccc3)nc21. The van der Waals surface area contributed by atoms with Gasteiger partial charge in [-0.3, -0.25) is 0 Å². The van der Waals surface area contributed by atoms with Gasteiger partial charge in [0.25, 0.3) is 0 Å². The van der Waals surface area contributed by atoms with Gasteiger partial charge < -0.3 is 21.2 Å². The average Bonchev–Trinajstić information content (AvgIpc) is 3.18. The van der Waals surface area contributed by atoms with Crippen LogP contribution in [-0.4, -0.2) is 44.4 Å². The molecule has 9 heteroatoms. The van der Waals surface area contributed by atoms with Crippen LogP contribution in [-0.2, 0) is 4.74 Å². The standard InChI is InChI=1S/C26H31N7O2/c1-26(2,3)35-25(34)29-15-7-8-17-30-33-23(19-12-9-16-28-22(19)27)32-21-14-13-20(31-24(21)33)18-10-5-4-6-11-18/h4-6,9-14,16,30H,7-8,15,17H2,1-3H3,(H2,27,28)(H,29,34). The van der Waals surface area contributed by atoms with Crippen molar-refractivity contribution in [3.8, 4) is 22.6 Å². The number of hydrogen-bond donors (Lipinski definition) is 3. The number of pyridine rings is 2. The minimum Gasteiger partial charge on any atom is -0.444 e. The molecular weight excluding hydrogens is 442 g/mol. The number of nitrogens with two attached hydrogens (primary N) is 1. The van der Waals surface area contributed by atoms with E-state index in [2.05, 4.69) is 15.7 Å². The summed E-state index contributed by atoms with van der Waals surface area (Å²) in [4.78, 5) is 25.7. The number of aromatic nitrogens is 4. The molecule has 0 aliphatic rings. The van der Waals surface area contributed by atoms with Crippen molar-refractivity contribution in [3.05, 3.63) is 60.8 Å². The number of amides is 1. The van der Waals surface area contributed by atoms with Gasteiger partial charge in [-0.15, -0.1) is 0 Å². The Morgan fingerprint density at radius 1 is 1.00 bits per heavy atom. The minimum atomic E-state index is -0.510. The number of hydrogen-bond acceptors (Lipinski definition) is 7. The maximum atomic E-state index is 11.8. The molecule has 1 aromatic carbocycles. The Balaban J connectivity index is 1.52. The third kappa shape index (κ3) is 6.06. The fraction of sp³-hybridized carbons (Fsp3) is 0.308. The largest absolute Gasteiger partial charge is 0.444 e. The Labute approximate surface area is 204 Å². The van der Waals surface area contributed by atoms with Crippen molar-refractivity contribution >= 4 is 23.1 Å². The highest BCUT2D eigenvalue weighted by Gasteiger charge is 2.18. The maximum Gasteiger partial charge on any atom is 0.407 e. The van der Waals surface area contributed by atoms with Gasteiger partial charge >= 0.3 is 6.09 Å². The predicted octanol–water partition coefficient (Wildman–Crippen LogP) is 4.59. The molecule has 0 radical (unpaired) electrons. The Morgan fingerprint density at radius 2 is 1.77 bits per heavy atom. The molecule has 3 heterocycles. The van der Waals surface area contributed by atoms with Crippen LogP contribution in [0, 0.1) is 0 Å². The van der Waals surface area contributed by atoms with Crippen molar-refractivity contribution in [2.45, 2.75) is 39.2 Å². The molecule has 0 fully saturated rings. The number of benzene rings is 1. The highest BCUT2D eigenvalue weighted by molar-refractivity contribution is 5.82. The van der Waals surface area contributed by atoms with Crippen LogP contribution in [0.3, 0.4) is 0 Å². The number of carbonyl (C=O) groups excluding carboxylic acids is 1. The van der Waals surface area contributed by atoms with E-state index in [0.717, 1.165) is 35.2 Å². The van der Waals surface area contributed by atoms with E-state index in [1.54, 1.807) is 6.20 Å². The molecule has 0 unspecified atom stereocenters. The summed E-state index contributed by atoms with van der Waals surface area (Å²) in [6, 6.07) is 17.7. The number of carbonyl (C=O) groups is 1. The number of imidazole rings is 1. The first-order valence-corrected chi connectivity index (χ1v) is 11.7. The summed E-state index contributed by atoms with van der Waals surface area (Å²) in [5, 5.41) is 2.79. The lowest BCUT2D eigenvalue weighted by Gasteiger charge is -2.19. The van der Waals surface area contributed by atoms with Gasteiger partial charge in [0, 0.05) is 24.8 Å². The molecule has 4 N–H and O–H groups in total. The Bertz CT molecular complexity index is 1300. The molecular formula is C26H31N7O2. The summed E-state index contributed by atoms with van der Waals surface area (Å²) in [6.07, 6.45) is 2.85. The number of rotatable bonds is 8. The zero-order chi connectivity index (χ0) is 24.8. The molecule has 0 aliphatic heterocycles. The van der Waals surface area contributed by atoms with E-state index < -0.39 is 11.7 Å². The van der Waals surface area contributed by atoms with Crippen LogP contribution in [0.2, 0.25) is 0 Å². The first-order chi connectivity index (χ1) is 16.8. The van der Waals surface area contributed by atoms with Crippen molar-refractivity contribution in [3.63, 3.8) is 0 Å². The third-order valence-electron chi connectivity index (χ3n) is 5.20. The molecule has 0 aliphatic carbocycles. The molecule has 3 aromatic heterocycles. The lowest BCUT2D eigenvalue weighted by atomic mass is 10.1. The van der Waals surface area contributed by atoms with Crippen LogP contribution >= 0.6 is 0 Å². The lowest BCUT2D eigenvalue weighted by molar-refractivity contribution is 0.0527. The van der Waals surface area contributed by atoms with Crippen LogP contribution in [0.4, 0.5) is 10.6 Å². The van der Waals surface area contributed by atoms with Crippen molar-refractivity contribution in [2.75, 3.05) is 24.2 Å². The normalized spacial score (nSPS) is 11.4. The van der Waals surface area contributed by atoms with Gasteiger partial charge in [-0.05, 0) is 57.9 Å². The Morgan fingerprint density at radius 3 is 2.51 bits per heavy atom. The minimum absolute atomic E-state index is 0.399. The molecule has 4 rings (SSSR count). The van der Waals surface area contributed by atoms with Crippen LogP contribution in [0.25, 0.3) is 33.8 Å². The first-order valence-electron chi connectivity index (χ1n) is 11.7. The third-order valence-corrected chi connectivity index (χ3v) is 5.20. The fourth-order valence-electron chi connectivity index (χ4n) is 3.61. The van der Waals surface area contributed by atoms with Gasteiger partial charge in [0.2, 0.25) is 0 Å². The van der Waals surface area contributed by atoms with Gasteiger partial charge in [-0.25, -0.2) is 24.4 Å². The second kappa shape index (κ2) is 10.4. The van der Waals surface area contributed by atoms with E-state index in [0.29, 0.717) is 30.4 Å². The van der Waals surface area contributed by atoms with Crippen LogP contribution in [0.1, 0.15) is 33.6 Å². The smallest absolute Gasteiger partial charge is 0.407 e. The number of anilines is 1. The fourth-order valence-corrected chi connectivity index (χ4v) is 3.61. The second-order valence-corrected chi connectivity index (χ2v) is 9.16. The van der Waals surface area contributed by atoms with Crippen molar-refractivity contribution < 1.29 is 9.53 Å². The average molecular weight is 474 g/mol. The van der Waals surface area contributed by atoms with Crippen molar-refractivity contribution in [2.24, 2.45) is 0 Å². The van der Waals surface area contributed by atoms with Crippen LogP contribution in [0.5, 0.6) is 0 Å². The number of alkyl carbamates (subject to hydrolysis) is 1. The summed E-state index contributed by atoms with van der Waals surface area (Å²) < 4.78 is 7.14. The molecule has 0 saturated heterocycles. The van der Waals surface area contributed by atoms with Gasteiger partial charge in [-0.1, -0.05) is 30.3 Å². The van der Waals surface area contributed by atoms with E-state index in [-0.39, 0.29) is 0 Å². The first kappa shape index (κ1) is 24.0. The monoisotopic (exact) mass is 473 g/mol. The second-order valence-electron chi connectivity index (χ2n) is 9.16. The zero-order valence-electron chi connectivity index (χ0n) is 20.3. The number of fused-ring (bicyclic) bond motifs is 1. The molecule has 9 nitrogen and oxygen atoms in total. The molecule has 1 amide bonds. The Kier molecular flexibility index (Phi) is 7.14. The number of nitrogen functional groups attached to an aromatic ring is 1. The van der Waals surface area contributed by atoms with Crippen LogP contribution in [0.15, 0.2) is 60.8 Å². The van der Waals surface area contributed by atoms with Gasteiger partial charge in [0.15, 0.2) is 11.5 Å². The molecule has 4 aromatic rings. The van der Waals surface area contributed by atoms with E-state index in [9.17, 15) is 4.79 Å². The molecule has 182 valence electrons. The highest BCUT2D eigenvalue weighted by Crippen LogP contribution is 2.28. The number of nitrogens with zero attached hydrogens (tertiary/aromatic N) is 4. The van der Waals surface area contributed by atoms with E-state index in [4.69, 9.17) is 20.4 Å². The van der Waals surface area contributed by atoms with E-state index in [1.807, 2.05) is 80.0 Å².